The van der Waals surface area contributed by atoms with Crippen LogP contribution in [-0.2, 0) is 28.6 Å². The molecule has 1 unspecified atom stereocenters. The smallest absolute Gasteiger partial charge is 0.306 e. The van der Waals surface area contributed by atoms with Crippen LogP contribution in [-0.4, -0.2) is 37.2 Å². The maximum absolute atomic E-state index is 12.9. The van der Waals surface area contributed by atoms with Crippen LogP contribution in [0.5, 0.6) is 0 Å². The molecule has 0 bridgehead atoms. The largest absolute Gasteiger partial charge is 0.462 e. The van der Waals surface area contributed by atoms with E-state index in [0.717, 1.165) is 128 Å². The van der Waals surface area contributed by atoms with Crippen molar-refractivity contribution in [3.8, 4) is 0 Å². The molecule has 0 amide bonds. The molecule has 0 heterocycles. The monoisotopic (exact) mass is 1110 g/mol. The van der Waals surface area contributed by atoms with Crippen LogP contribution in [0.15, 0.2) is 194 Å². The van der Waals surface area contributed by atoms with Gasteiger partial charge >= 0.3 is 17.9 Å². The fraction of sp³-hybridized carbons (Fsp3) is 0.533. The number of allylic oxidation sites excluding steroid dienone is 32. The van der Waals surface area contributed by atoms with Crippen molar-refractivity contribution in [1.82, 2.24) is 0 Å². The third-order valence-corrected chi connectivity index (χ3v) is 12.6. The summed E-state index contributed by atoms with van der Waals surface area (Å²) in [5.74, 6) is -1.09. The summed E-state index contributed by atoms with van der Waals surface area (Å²) in [5.41, 5.74) is 0. The molecular weight excluding hydrogens is 997 g/mol. The molecule has 81 heavy (non-hydrogen) atoms. The number of ether oxygens (including phenoxy) is 3. The predicted octanol–water partition coefficient (Wildman–Crippen LogP) is 22.2. The minimum atomic E-state index is -0.852. The van der Waals surface area contributed by atoms with Crippen LogP contribution < -0.4 is 0 Å². The normalized spacial score (nSPS) is 13.5. The molecule has 0 aliphatic heterocycles. The Labute approximate surface area is 497 Å². The van der Waals surface area contributed by atoms with Crippen LogP contribution in [0.25, 0.3) is 0 Å². The Kier molecular flexibility index (Phi) is 62.0. The lowest BCUT2D eigenvalue weighted by Gasteiger charge is -2.18. The summed E-state index contributed by atoms with van der Waals surface area (Å²) in [5, 5.41) is 0. The van der Waals surface area contributed by atoms with Crippen molar-refractivity contribution in [3.63, 3.8) is 0 Å². The Morgan fingerprint density at radius 1 is 0.247 bits per heavy atom. The number of carbonyl (C=O) groups excluding carboxylic acids is 3. The maximum Gasteiger partial charge on any atom is 0.306 e. The van der Waals surface area contributed by atoms with Crippen LogP contribution >= 0.6 is 0 Å². The van der Waals surface area contributed by atoms with Gasteiger partial charge in [-0.2, -0.15) is 0 Å². The molecule has 0 saturated heterocycles. The van der Waals surface area contributed by atoms with Gasteiger partial charge in [-0.3, -0.25) is 14.4 Å². The molecule has 0 spiro atoms. The first kappa shape index (κ1) is 75.2. The predicted molar refractivity (Wildman–Crippen MR) is 352 cm³/mol. The van der Waals surface area contributed by atoms with E-state index in [1.807, 2.05) is 12.2 Å². The van der Waals surface area contributed by atoms with Crippen LogP contribution in [0.3, 0.4) is 0 Å². The Balaban J connectivity index is 4.49. The van der Waals surface area contributed by atoms with Crippen LogP contribution in [0.4, 0.5) is 0 Å². The van der Waals surface area contributed by atoms with Gasteiger partial charge in [0.2, 0.25) is 0 Å². The molecule has 6 heteroatoms. The van der Waals surface area contributed by atoms with E-state index >= 15 is 0 Å². The Hall–Kier alpha value is -5.75. The molecule has 0 N–H and O–H groups in total. The number of esters is 3. The van der Waals surface area contributed by atoms with Crippen molar-refractivity contribution >= 4 is 17.9 Å². The van der Waals surface area contributed by atoms with Gasteiger partial charge in [-0.05, 0) is 141 Å². The lowest BCUT2D eigenvalue weighted by molar-refractivity contribution is -0.166. The molecule has 450 valence electrons. The van der Waals surface area contributed by atoms with Crippen LogP contribution in [0.1, 0.15) is 239 Å². The molecular formula is C75H114O6. The summed E-state index contributed by atoms with van der Waals surface area (Å²) < 4.78 is 16.8. The number of hydrogen-bond acceptors (Lipinski definition) is 6. The SMILES string of the molecule is CC/C=C\C/C=C\C/C=C\C/C=C\C/C=C\C/C=C\C/C=C\CCCC(=O)OC(COC(=O)CC/C=C\C/C=C\C/C=C\C/C=C\CC)COC(=O)CCCCCCCCCCCCC/C=C\C/C=C\C/C=C\C/C=C\C/C=C\CC. The van der Waals surface area contributed by atoms with Gasteiger partial charge in [0.15, 0.2) is 6.10 Å². The van der Waals surface area contributed by atoms with Gasteiger partial charge in [-0.15, -0.1) is 0 Å². The first-order valence-corrected chi connectivity index (χ1v) is 31.9. The van der Waals surface area contributed by atoms with Crippen LogP contribution in [0.2, 0.25) is 0 Å². The number of rotatable bonds is 55. The quantitative estimate of drug-likeness (QED) is 0.0261. The second-order valence-corrected chi connectivity index (χ2v) is 20.2. The molecule has 0 aliphatic rings. The topological polar surface area (TPSA) is 78.9 Å². The third kappa shape index (κ3) is 64.9. The first-order valence-electron chi connectivity index (χ1n) is 31.9. The Morgan fingerprint density at radius 2 is 0.481 bits per heavy atom. The molecule has 0 aromatic carbocycles. The lowest BCUT2D eigenvalue weighted by Crippen LogP contribution is -2.30. The van der Waals surface area contributed by atoms with Gasteiger partial charge in [0.25, 0.3) is 0 Å². The second-order valence-electron chi connectivity index (χ2n) is 20.2. The van der Waals surface area contributed by atoms with Crippen molar-refractivity contribution in [1.29, 1.82) is 0 Å². The van der Waals surface area contributed by atoms with E-state index in [1.165, 1.54) is 57.8 Å². The van der Waals surface area contributed by atoms with Gasteiger partial charge < -0.3 is 14.2 Å². The van der Waals surface area contributed by atoms with E-state index in [2.05, 4.69) is 203 Å². The molecule has 0 fully saturated rings. The van der Waals surface area contributed by atoms with Crippen LogP contribution in [0, 0.1) is 0 Å². The Bertz CT molecular complexity index is 1950. The molecule has 0 rings (SSSR count). The number of unbranched alkanes of at least 4 members (excludes halogenated alkanes) is 12. The molecule has 6 nitrogen and oxygen atoms in total. The third-order valence-electron chi connectivity index (χ3n) is 12.6. The highest BCUT2D eigenvalue weighted by Gasteiger charge is 2.19. The molecule has 0 aliphatic carbocycles. The molecule has 0 saturated carbocycles. The van der Waals surface area contributed by atoms with Gasteiger partial charge in [-0.1, -0.05) is 273 Å². The maximum atomic E-state index is 12.9. The number of hydrogen-bond donors (Lipinski definition) is 0. The minimum absolute atomic E-state index is 0.135. The molecule has 0 aromatic heterocycles. The summed E-state index contributed by atoms with van der Waals surface area (Å²) in [7, 11) is 0. The van der Waals surface area contributed by atoms with Crippen molar-refractivity contribution in [2.75, 3.05) is 13.2 Å². The van der Waals surface area contributed by atoms with E-state index in [1.54, 1.807) is 0 Å². The average molecular weight is 1110 g/mol. The Morgan fingerprint density at radius 3 is 0.802 bits per heavy atom. The van der Waals surface area contributed by atoms with E-state index in [9.17, 15) is 14.4 Å². The summed E-state index contributed by atoms with van der Waals surface area (Å²) in [6, 6.07) is 0. The average Bonchev–Trinajstić information content (AvgIpc) is 3.46. The summed E-state index contributed by atoms with van der Waals surface area (Å²) in [6.07, 6.45) is 102. The summed E-state index contributed by atoms with van der Waals surface area (Å²) >= 11 is 0. The van der Waals surface area contributed by atoms with E-state index < -0.39 is 12.1 Å². The van der Waals surface area contributed by atoms with E-state index in [4.69, 9.17) is 14.2 Å². The fourth-order valence-electron chi connectivity index (χ4n) is 7.94. The van der Waals surface area contributed by atoms with E-state index in [0.29, 0.717) is 19.3 Å². The molecule has 0 radical (unpaired) electrons. The van der Waals surface area contributed by atoms with Gasteiger partial charge in [0, 0.05) is 19.3 Å². The number of carbonyl (C=O) groups is 3. The van der Waals surface area contributed by atoms with Crippen molar-refractivity contribution < 1.29 is 28.6 Å². The van der Waals surface area contributed by atoms with E-state index in [-0.39, 0.29) is 38.0 Å². The van der Waals surface area contributed by atoms with Gasteiger partial charge in [0.1, 0.15) is 13.2 Å². The lowest BCUT2D eigenvalue weighted by atomic mass is 10.0. The zero-order chi connectivity index (χ0) is 58.5. The van der Waals surface area contributed by atoms with Crippen molar-refractivity contribution in [2.45, 2.75) is 245 Å². The summed E-state index contributed by atoms with van der Waals surface area (Å²) in [4.78, 5) is 38.2. The van der Waals surface area contributed by atoms with Crippen molar-refractivity contribution in [3.05, 3.63) is 194 Å². The highest BCUT2D eigenvalue weighted by molar-refractivity contribution is 5.71. The second kappa shape index (κ2) is 66.8. The minimum Gasteiger partial charge on any atom is -0.462 e. The standard InChI is InChI=1S/C75H114O6/c1-4-7-10-13-16-19-22-25-27-29-31-33-35-36-37-38-40-41-43-45-47-50-53-56-59-62-65-68-74(77)80-71-72(70-79-73(76)67-64-61-58-55-52-49-24-21-18-15-12-9-6-3)81-75(78)69-66-63-60-57-54-51-48-46-44-42-39-34-32-30-28-26-23-20-17-14-11-8-5-2/h7-12,16-21,25-28,31-34,36-37,42,44,48-49,51-52,57-58,60-61,72H,4-6,13-15,22-24,29-30,35,38-41,43,45-47,50,53-56,59,62-71H2,1-3H3/b10-7-,11-8-,12-9-,19-16-,20-17-,21-18-,27-25-,28-26-,33-31-,34-32-,37-36-,44-42-,51-48-,52-49-,60-57-,61-58-. The highest BCUT2D eigenvalue weighted by atomic mass is 16.6. The fourth-order valence-corrected chi connectivity index (χ4v) is 7.94. The highest BCUT2D eigenvalue weighted by Crippen LogP contribution is 2.14. The summed E-state index contributed by atoms with van der Waals surface area (Å²) in [6.45, 7) is 6.17. The van der Waals surface area contributed by atoms with Crippen molar-refractivity contribution in [2.24, 2.45) is 0 Å². The van der Waals surface area contributed by atoms with Gasteiger partial charge in [0.05, 0.1) is 0 Å². The molecule has 1 atom stereocenters. The zero-order valence-corrected chi connectivity index (χ0v) is 51.5. The van der Waals surface area contributed by atoms with Gasteiger partial charge in [-0.25, -0.2) is 0 Å². The zero-order valence-electron chi connectivity index (χ0n) is 51.5. The first-order chi connectivity index (χ1) is 40.0. The molecule has 0 aromatic rings.